The Morgan fingerprint density at radius 1 is 1.20 bits per heavy atom. The van der Waals surface area contributed by atoms with E-state index in [1.807, 2.05) is 61.5 Å². The second-order valence-electron chi connectivity index (χ2n) is 7.45. The first-order valence-corrected chi connectivity index (χ1v) is 10.2. The number of nitrogens with zero attached hydrogens (tertiary/aromatic N) is 2. The smallest absolute Gasteiger partial charge is 0.256 e. The van der Waals surface area contributed by atoms with Gasteiger partial charge in [0, 0.05) is 18.5 Å². The van der Waals surface area contributed by atoms with Crippen molar-refractivity contribution in [1.29, 1.82) is 0 Å². The van der Waals surface area contributed by atoms with Gasteiger partial charge in [0.25, 0.3) is 5.56 Å². The van der Waals surface area contributed by atoms with Gasteiger partial charge in [0.2, 0.25) is 5.91 Å². The normalized spacial score (nSPS) is 14.1. The van der Waals surface area contributed by atoms with Crippen molar-refractivity contribution >= 4 is 5.91 Å². The van der Waals surface area contributed by atoms with Gasteiger partial charge in [-0.05, 0) is 24.1 Å². The highest BCUT2D eigenvalue weighted by molar-refractivity contribution is 5.84. The summed E-state index contributed by atoms with van der Waals surface area (Å²) in [4.78, 5) is 35.4. The van der Waals surface area contributed by atoms with E-state index in [1.165, 1.54) is 0 Å². The third kappa shape index (κ3) is 3.85. The molecule has 3 aromatic rings. The summed E-state index contributed by atoms with van der Waals surface area (Å²) in [6, 6.07) is 17.3. The summed E-state index contributed by atoms with van der Waals surface area (Å²) in [7, 11) is 1.60. The Hall–Kier alpha value is -3.41. The molecule has 4 rings (SSSR count). The van der Waals surface area contributed by atoms with Crippen LogP contribution in [-0.4, -0.2) is 34.4 Å². The highest BCUT2D eigenvalue weighted by atomic mass is 16.5. The van der Waals surface area contributed by atoms with Crippen LogP contribution in [0.2, 0.25) is 0 Å². The van der Waals surface area contributed by atoms with Crippen molar-refractivity contribution < 1.29 is 9.53 Å². The number of ether oxygens (including phenoxy) is 1. The molecule has 1 aliphatic rings. The number of amides is 1. The van der Waals surface area contributed by atoms with Crippen molar-refractivity contribution in [3.63, 3.8) is 0 Å². The van der Waals surface area contributed by atoms with Gasteiger partial charge in [-0.3, -0.25) is 9.59 Å². The largest absolute Gasteiger partial charge is 0.497 e. The molecule has 1 aromatic heterocycles. The summed E-state index contributed by atoms with van der Waals surface area (Å²) in [5.74, 6) is 1.09. The van der Waals surface area contributed by atoms with E-state index in [9.17, 15) is 9.59 Å². The number of methoxy groups -OCH3 is 1. The van der Waals surface area contributed by atoms with Gasteiger partial charge >= 0.3 is 0 Å². The Balaban J connectivity index is 1.60. The third-order valence-corrected chi connectivity index (χ3v) is 5.63. The van der Waals surface area contributed by atoms with E-state index in [4.69, 9.17) is 4.74 Å². The maximum atomic E-state index is 13.2. The second-order valence-corrected chi connectivity index (χ2v) is 7.45. The maximum absolute atomic E-state index is 13.2. The number of rotatable bonds is 5. The van der Waals surface area contributed by atoms with Crippen LogP contribution in [0.1, 0.15) is 36.1 Å². The highest BCUT2D eigenvalue weighted by Crippen LogP contribution is 2.26. The fraction of sp³-hybridized carbons (Fsp3) is 0.292. The Morgan fingerprint density at radius 2 is 2.00 bits per heavy atom. The summed E-state index contributed by atoms with van der Waals surface area (Å²) in [5.41, 5.74) is 2.94. The van der Waals surface area contributed by atoms with E-state index >= 15 is 0 Å². The number of H-pyrrole nitrogens is 1. The van der Waals surface area contributed by atoms with Crippen molar-refractivity contribution in [1.82, 2.24) is 14.9 Å². The SMILES string of the molecule is CCC(C(=O)N1CCc2nc(-c3cccc(OC)c3)[nH]c(=O)c2C1)c1ccccc1. The van der Waals surface area contributed by atoms with Crippen LogP contribution < -0.4 is 10.3 Å². The molecule has 1 atom stereocenters. The van der Waals surface area contributed by atoms with Crippen LogP contribution in [0.4, 0.5) is 0 Å². The van der Waals surface area contributed by atoms with Gasteiger partial charge in [-0.25, -0.2) is 4.98 Å². The number of benzene rings is 2. The van der Waals surface area contributed by atoms with E-state index in [0.29, 0.717) is 30.1 Å². The monoisotopic (exact) mass is 403 g/mol. The van der Waals surface area contributed by atoms with Crippen molar-refractivity contribution in [3.05, 3.63) is 81.8 Å². The molecule has 0 saturated carbocycles. The van der Waals surface area contributed by atoms with Gasteiger partial charge in [-0.2, -0.15) is 0 Å². The molecule has 2 heterocycles. The zero-order valence-corrected chi connectivity index (χ0v) is 17.2. The molecule has 6 nitrogen and oxygen atoms in total. The van der Waals surface area contributed by atoms with Gasteiger partial charge in [-0.15, -0.1) is 0 Å². The molecule has 6 heteroatoms. The minimum atomic E-state index is -0.198. The van der Waals surface area contributed by atoms with Crippen LogP contribution in [0.3, 0.4) is 0 Å². The molecular formula is C24H25N3O3. The Kier molecular flexibility index (Phi) is 5.65. The third-order valence-electron chi connectivity index (χ3n) is 5.63. The van der Waals surface area contributed by atoms with E-state index in [2.05, 4.69) is 9.97 Å². The van der Waals surface area contributed by atoms with E-state index in [-0.39, 0.29) is 23.9 Å². The number of aromatic amines is 1. The van der Waals surface area contributed by atoms with Gasteiger partial charge in [0.1, 0.15) is 11.6 Å². The lowest BCUT2D eigenvalue weighted by atomic mass is 9.94. The number of aromatic nitrogens is 2. The lowest BCUT2D eigenvalue weighted by Crippen LogP contribution is -2.41. The second kappa shape index (κ2) is 8.53. The molecule has 1 amide bonds. The topological polar surface area (TPSA) is 75.3 Å². The summed E-state index contributed by atoms with van der Waals surface area (Å²) in [5, 5.41) is 0. The fourth-order valence-corrected chi connectivity index (χ4v) is 3.98. The number of carbonyl (C=O) groups is 1. The molecule has 0 fully saturated rings. The average molecular weight is 403 g/mol. The number of fused-ring (bicyclic) bond motifs is 1. The van der Waals surface area contributed by atoms with Crippen molar-refractivity contribution in [3.8, 4) is 17.1 Å². The highest BCUT2D eigenvalue weighted by Gasteiger charge is 2.29. The summed E-state index contributed by atoms with van der Waals surface area (Å²) >= 11 is 0. The molecule has 1 N–H and O–H groups in total. The fourth-order valence-electron chi connectivity index (χ4n) is 3.98. The molecule has 1 unspecified atom stereocenters. The van der Waals surface area contributed by atoms with Crippen LogP contribution in [0.15, 0.2) is 59.4 Å². The number of carbonyl (C=O) groups excluding carboxylic acids is 1. The first-order valence-electron chi connectivity index (χ1n) is 10.2. The minimum Gasteiger partial charge on any atom is -0.497 e. The van der Waals surface area contributed by atoms with Crippen molar-refractivity contribution in [2.24, 2.45) is 0 Å². The molecular weight excluding hydrogens is 378 g/mol. The van der Waals surface area contributed by atoms with Crippen molar-refractivity contribution in [2.75, 3.05) is 13.7 Å². The first-order chi connectivity index (χ1) is 14.6. The maximum Gasteiger partial charge on any atom is 0.256 e. The molecule has 2 aromatic carbocycles. The summed E-state index contributed by atoms with van der Waals surface area (Å²) in [6.07, 6.45) is 1.28. The van der Waals surface area contributed by atoms with Gasteiger partial charge in [0.05, 0.1) is 30.8 Å². The average Bonchev–Trinajstić information content (AvgIpc) is 2.80. The Bertz CT molecular complexity index is 1110. The Labute approximate surface area is 175 Å². The van der Waals surface area contributed by atoms with Crippen LogP contribution >= 0.6 is 0 Å². The zero-order valence-electron chi connectivity index (χ0n) is 17.2. The van der Waals surface area contributed by atoms with E-state index in [1.54, 1.807) is 12.0 Å². The number of hydrogen-bond donors (Lipinski definition) is 1. The molecule has 1 aliphatic heterocycles. The number of nitrogens with one attached hydrogen (secondary N) is 1. The quantitative estimate of drug-likeness (QED) is 0.707. The minimum absolute atomic E-state index is 0.0608. The first kappa shape index (κ1) is 19.9. The predicted octanol–water partition coefficient (Wildman–Crippen LogP) is 3.52. The predicted molar refractivity (Wildman–Crippen MR) is 115 cm³/mol. The standard InChI is InChI=1S/C24H25N3O3/c1-3-19(16-8-5-4-6-9-16)24(29)27-13-12-21-20(15-27)23(28)26-22(25-21)17-10-7-11-18(14-17)30-2/h4-11,14,19H,3,12-13,15H2,1-2H3,(H,25,26,28). The molecule has 0 spiro atoms. The van der Waals surface area contributed by atoms with Crippen LogP contribution in [0.5, 0.6) is 5.75 Å². The summed E-state index contributed by atoms with van der Waals surface area (Å²) < 4.78 is 5.27. The van der Waals surface area contributed by atoms with Crippen LogP contribution in [0.25, 0.3) is 11.4 Å². The van der Waals surface area contributed by atoms with Crippen LogP contribution in [-0.2, 0) is 17.8 Å². The van der Waals surface area contributed by atoms with Crippen molar-refractivity contribution in [2.45, 2.75) is 32.2 Å². The lowest BCUT2D eigenvalue weighted by Gasteiger charge is -2.31. The summed E-state index contributed by atoms with van der Waals surface area (Å²) in [6.45, 7) is 2.86. The molecule has 0 radical (unpaired) electrons. The van der Waals surface area contributed by atoms with Gasteiger partial charge in [0.15, 0.2) is 0 Å². The molecule has 0 aliphatic carbocycles. The molecule has 0 bridgehead atoms. The Morgan fingerprint density at radius 3 is 2.73 bits per heavy atom. The molecule has 154 valence electrons. The van der Waals surface area contributed by atoms with Gasteiger partial charge < -0.3 is 14.6 Å². The van der Waals surface area contributed by atoms with Gasteiger partial charge in [-0.1, -0.05) is 49.4 Å². The number of hydrogen-bond acceptors (Lipinski definition) is 4. The zero-order chi connectivity index (χ0) is 21.1. The van der Waals surface area contributed by atoms with Crippen LogP contribution in [0, 0.1) is 0 Å². The molecule has 0 saturated heterocycles. The van der Waals surface area contributed by atoms with E-state index in [0.717, 1.165) is 23.2 Å². The van der Waals surface area contributed by atoms with E-state index < -0.39 is 0 Å². The lowest BCUT2D eigenvalue weighted by molar-refractivity contribution is -0.133. The molecule has 30 heavy (non-hydrogen) atoms.